The van der Waals surface area contributed by atoms with Gasteiger partial charge in [-0.1, -0.05) is 71.1 Å². The zero-order valence-corrected chi connectivity index (χ0v) is 25.7. The molecule has 44 heavy (non-hydrogen) atoms. The predicted molar refractivity (Wildman–Crippen MR) is 178 cm³/mol. The monoisotopic (exact) mass is 756 g/mol. The maximum atomic E-state index is 8.15. The zero-order valence-electron chi connectivity index (χ0n) is 29.4. The molecule has 6 heteroatoms. The minimum atomic E-state index is -2.31. The Labute approximate surface area is 280 Å². The van der Waals surface area contributed by atoms with Gasteiger partial charge in [0.2, 0.25) is 0 Å². The molecule has 216 valence electrons. The molecule has 0 unspecified atom stereocenters. The molecule has 0 fully saturated rings. The van der Waals surface area contributed by atoms with Crippen LogP contribution in [0.5, 0.6) is 0 Å². The van der Waals surface area contributed by atoms with Crippen molar-refractivity contribution in [2.75, 3.05) is 28.3 Å². The van der Waals surface area contributed by atoms with Crippen molar-refractivity contribution >= 4 is 55.9 Å². The minimum Gasteiger partial charge on any atom is -0.358 e. The standard InChI is InChI=1S/C38H29N5.Pt/c1-27-21-22-39-38(23-27)43-34-16-7-6-15-32(34)33-20-19-31(25-37(33)43)42(28-11-4-3-5-12-28)30-14-10-13-29(24-30)41-26-40(2)35-17-8-9-18-36(35)41;/h3-23H,26H2,1-2H3;/q-2;+2/i1D3,2D3;. The van der Waals surface area contributed by atoms with Gasteiger partial charge in [0, 0.05) is 32.6 Å². The Morgan fingerprint density at radius 1 is 0.750 bits per heavy atom. The summed E-state index contributed by atoms with van der Waals surface area (Å²) < 4.78 is 50.4. The summed E-state index contributed by atoms with van der Waals surface area (Å²) in [7, 11) is 0. The molecular formula is C38H29N5Pt. The molecule has 0 spiro atoms. The fourth-order valence-corrected chi connectivity index (χ4v) is 5.93. The topological polar surface area (TPSA) is 27.5 Å². The smallest absolute Gasteiger partial charge is 0.358 e. The van der Waals surface area contributed by atoms with E-state index in [2.05, 4.69) is 28.1 Å². The Kier molecular flexibility index (Phi) is 5.61. The second-order valence-corrected chi connectivity index (χ2v) is 10.4. The Morgan fingerprint density at radius 2 is 1.55 bits per heavy atom. The average Bonchev–Trinajstić information content (AvgIpc) is 3.65. The van der Waals surface area contributed by atoms with Crippen molar-refractivity contribution in [3.8, 4) is 5.82 Å². The van der Waals surface area contributed by atoms with E-state index in [1.807, 2.05) is 113 Å². The Hall–Kier alpha value is -4.86. The summed E-state index contributed by atoms with van der Waals surface area (Å²) in [5, 5.41) is 1.94. The summed E-state index contributed by atoms with van der Waals surface area (Å²) in [5.41, 5.74) is 6.33. The third-order valence-corrected chi connectivity index (χ3v) is 7.84. The van der Waals surface area contributed by atoms with Gasteiger partial charge in [-0.2, -0.15) is 12.1 Å². The maximum absolute atomic E-state index is 8.15. The van der Waals surface area contributed by atoms with Crippen LogP contribution in [0.25, 0.3) is 27.6 Å². The van der Waals surface area contributed by atoms with Gasteiger partial charge in [-0.3, -0.25) is 0 Å². The van der Waals surface area contributed by atoms with Gasteiger partial charge in [0.25, 0.3) is 0 Å². The largest absolute Gasteiger partial charge is 2.00 e. The van der Waals surface area contributed by atoms with Crippen LogP contribution in [0.3, 0.4) is 0 Å². The first-order valence-corrected chi connectivity index (χ1v) is 14.0. The van der Waals surface area contributed by atoms with Gasteiger partial charge in [0.1, 0.15) is 5.82 Å². The minimum absolute atomic E-state index is 0. The van der Waals surface area contributed by atoms with Gasteiger partial charge >= 0.3 is 21.1 Å². The van der Waals surface area contributed by atoms with E-state index in [-0.39, 0.29) is 33.3 Å². The van der Waals surface area contributed by atoms with Crippen molar-refractivity contribution in [2.45, 2.75) is 6.85 Å². The fraction of sp³-hybridized carbons (Fsp3) is 0.0789. The Bertz CT molecular complexity index is 2340. The van der Waals surface area contributed by atoms with Crippen molar-refractivity contribution in [2.24, 2.45) is 0 Å². The van der Waals surface area contributed by atoms with Crippen LogP contribution >= 0.6 is 0 Å². The van der Waals surface area contributed by atoms with Gasteiger partial charge in [-0.25, -0.2) is 4.98 Å². The number of benzene rings is 5. The number of rotatable bonds is 5. The molecule has 0 aliphatic carbocycles. The molecule has 0 atom stereocenters. The maximum Gasteiger partial charge on any atom is 2.00 e. The summed E-state index contributed by atoms with van der Waals surface area (Å²) in [6, 6.07) is 45.7. The van der Waals surface area contributed by atoms with Crippen LogP contribution in [0.4, 0.5) is 34.1 Å². The van der Waals surface area contributed by atoms with Crippen molar-refractivity contribution in [3.63, 3.8) is 0 Å². The van der Waals surface area contributed by atoms with Crippen molar-refractivity contribution in [1.29, 1.82) is 0 Å². The average molecular weight is 757 g/mol. The molecule has 7 aromatic rings. The molecule has 8 rings (SSSR count). The van der Waals surface area contributed by atoms with E-state index in [1.54, 1.807) is 6.07 Å². The second kappa shape index (κ2) is 11.3. The van der Waals surface area contributed by atoms with Crippen LogP contribution in [-0.4, -0.2) is 23.2 Å². The van der Waals surface area contributed by atoms with E-state index in [1.165, 1.54) is 17.2 Å². The molecular weight excluding hydrogens is 722 g/mol. The number of para-hydroxylation sites is 4. The summed E-state index contributed by atoms with van der Waals surface area (Å²) in [4.78, 5) is 10.0. The molecule has 5 aromatic carbocycles. The SMILES string of the molecule is [2H]C([2H])([2H])c1ccnc(-n2c3[c-]c(N(c4[c-]c(N5CN(C([2H])([2H])[2H])c6ccccc65)ccc4)c4ccccc4)ccc3c3ccccc32)c1.[Pt+2]. The molecule has 0 saturated carbocycles. The molecule has 0 radical (unpaired) electrons. The predicted octanol–water partition coefficient (Wildman–Crippen LogP) is 9.10. The third kappa shape index (κ3) is 4.65. The Balaban J connectivity index is 0.00000392. The zero-order chi connectivity index (χ0) is 33.9. The molecule has 0 N–H and O–H groups in total. The number of hydrogen-bond acceptors (Lipinski definition) is 4. The van der Waals surface area contributed by atoms with Gasteiger partial charge < -0.3 is 19.3 Å². The summed E-state index contributed by atoms with van der Waals surface area (Å²) >= 11 is 0. The van der Waals surface area contributed by atoms with Crippen LogP contribution < -0.4 is 14.7 Å². The van der Waals surface area contributed by atoms with Crippen LogP contribution in [0.1, 0.15) is 13.8 Å². The number of aromatic nitrogens is 2. The summed E-state index contributed by atoms with van der Waals surface area (Å²) in [6.45, 7) is -4.44. The van der Waals surface area contributed by atoms with E-state index in [4.69, 9.17) is 8.22 Å². The van der Waals surface area contributed by atoms with E-state index < -0.39 is 13.8 Å². The molecule has 0 bridgehead atoms. The quantitative estimate of drug-likeness (QED) is 0.164. The number of nitrogens with zero attached hydrogens (tertiary/aromatic N) is 5. The summed E-state index contributed by atoms with van der Waals surface area (Å²) in [6.07, 6.45) is 1.53. The number of aryl methyl sites for hydroxylation is 1. The Morgan fingerprint density at radius 3 is 2.41 bits per heavy atom. The van der Waals surface area contributed by atoms with E-state index in [0.29, 0.717) is 11.5 Å². The first-order chi connectivity index (χ1) is 23.6. The number of hydrogen-bond donors (Lipinski definition) is 0. The van der Waals surface area contributed by atoms with Crippen molar-refractivity contribution in [3.05, 3.63) is 145 Å². The molecule has 2 aromatic heterocycles. The van der Waals surface area contributed by atoms with Crippen molar-refractivity contribution < 1.29 is 29.3 Å². The van der Waals surface area contributed by atoms with Gasteiger partial charge in [0.15, 0.2) is 0 Å². The molecule has 1 aliphatic rings. The van der Waals surface area contributed by atoms with Crippen LogP contribution in [-0.2, 0) is 21.1 Å². The van der Waals surface area contributed by atoms with Crippen LogP contribution in [0.15, 0.2) is 128 Å². The molecule has 0 saturated heterocycles. The van der Waals surface area contributed by atoms with E-state index >= 15 is 0 Å². The number of fused-ring (bicyclic) bond motifs is 4. The third-order valence-electron chi connectivity index (χ3n) is 7.84. The van der Waals surface area contributed by atoms with Crippen LogP contribution in [0, 0.1) is 19.0 Å². The first-order valence-electron chi connectivity index (χ1n) is 17.0. The number of pyridine rings is 1. The normalized spacial score (nSPS) is 15.0. The molecule has 3 heterocycles. The molecule has 5 nitrogen and oxygen atoms in total. The first kappa shape index (κ1) is 21.8. The van der Waals surface area contributed by atoms with Gasteiger partial charge in [0.05, 0.1) is 18.0 Å². The fourth-order valence-electron chi connectivity index (χ4n) is 5.93. The van der Waals surface area contributed by atoms with Gasteiger partial charge in [-0.05, 0) is 60.3 Å². The van der Waals surface area contributed by atoms with Crippen LogP contribution in [0.2, 0.25) is 0 Å². The van der Waals surface area contributed by atoms with E-state index in [9.17, 15) is 0 Å². The second-order valence-electron chi connectivity index (χ2n) is 10.4. The summed E-state index contributed by atoms with van der Waals surface area (Å²) in [5.74, 6) is 0.486. The number of anilines is 6. The van der Waals surface area contributed by atoms with Crippen molar-refractivity contribution in [1.82, 2.24) is 9.55 Å². The van der Waals surface area contributed by atoms with Gasteiger partial charge in [-0.15, -0.1) is 35.7 Å². The molecule has 1 aliphatic heterocycles. The van der Waals surface area contributed by atoms with E-state index in [0.717, 1.165) is 50.2 Å². The molecule has 0 amide bonds.